The Morgan fingerprint density at radius 1 is 1.71 bits per heavy atom. The zero-order valence-electron chi connectivity index (χ0n) is 8.90. The highest BCUT2D eigenvalue weighted by molar-refractivity contribution is 5.76. The molecule has 0 spiro atoms. The standard InChI is InChI=1S/C10H19NO3/c1-3-8(12)4-6-11-7-5-9(11)10(13)14-2/h8-9,12H,3-7H2,1-2H3. The van der Waals surface area contributed by atoms with Crippen LogP contribution >= 0.6 is 0 Å². The normalized spacial score (nSPS) is 24.1. The molecule has 1 N–H and O–H groups in total. The molecule has 0 aliphatic carbocycles. The third-order valence-corrected chi connectivity index (χ3v) is 2.82. The Balaban J connectivity index is 2.22. The highest BCUT2D eigenvalue weighted by atomic mass is 16.5. The van der Waals surface area contributed by atoms with E-state index in [0.29, 0.717) is 0 Å². The van der Waals surface area contributed by atoms with Crippen LogP contribution in [0.4, 0.5) is 0 Å². The minimum Gasteiger partial charge on any atom is -0.468 e. The molecule has 0 radical (unpaired) electrons. The van der Waals surface area contributed by atoms with Crippen LogP contribution in [0.2, 0.25) is 0 Å². The first-order chi connectivity index (χ1) is 6.69. The molecule has 4 nitrogen and oxygen atoms in total. The summed E-state index contributed by atoms with van der Waals surface area (Å²) in [6, 6.07) is -0.0657. The molecule has 0 aromatic rings. The van der Waals surface area contributed by atoms with Gasteiger partial charge in [0.05, 0.1) is 13.2 Å². The van der Waals surface area contributed by atoms with Crippen LogP contribution in [-0.2, 0) is 9.53 Å². The number of hydrogen-bond acceptors (Lipinski definition) is 4. The Labute approximate surface area is 84.8 Å². The molecule has 1 saturated heterocycles. The fraction of sp³-hybridized carbons (Fsp3) is 0.900. The van der Waals surface area contributed by atoms with Gasteiger partial charge in [-0.25, -0.2) is 0 Å². The molecule has 82 valence electrons. The first kappa shape index (κ1) is 11.5. The van der Waals surface area contributed by atoms with Crippen molar-refractivity contribution in [2.75, 3.05) is 20.2 Å². The largest absolute Gasteiger partial charge is 0.468 e. The Morgan fingerprint density at radius 2 is 2.43 bits per heavy atom. The first-order valence-corrected chi connectivity index (χ1v) is 5.19. The Morgan fingerprint density at radius 3 is 2.86 bits per heavy atom. The number of hydrogen-bond donors (Lipinski definition) is 1. The molecule has 0 aromatic heterocycles. The number of aliphatic hydroxyl groups excluding tert-OH is 1. The third kappa shape index (κ3) is 2.69. The number of esters is 1. The van der Waals surface area contributed by atoms with E-state index in [2.05, 4.69) is 9.64 Å². The van der Waals surface area contributed by atoms with Crippen LogP contribution in [-0.4, -0.2) is 48.3 Å². The Hall–Kier alpha value is -0.610. The average Bonchev–Trinajstić information content (AvgIpc) is 2.15. The minimum atomic E-state index is -0.242. The van der Waals surface area contributed by atoms with Gasteiger partial charge in [0.2, 0.25) is 0 Å². The fourth-order valence-electron chi connectivity index (χ4n) is 1.63. The molecular weight excluding hydrogens is 182 g/mol. The summed E-state index contributed by atoms with van der Waals surface area (Å²) in [7, 11) is 1.42. The second-order valence-electron chi connectivity index (χ2n) is 3.71. The number of methoxy groups -OCH3 is 1. The van der Waals surface area contributed by atoms with Gasteiger partial charge in [0.15, 0.2) is 0 Å². The van der Waals surface area contributed by atoms with Crippen molar-refractivity contribution in [3.05, 3.63) is 0 Å². The molecule has 0 amide bonds. The van der Waals surface area contributed by atoms with E-state index in [0.717, 1.165) is 32.4 Å². The summed E-state index contributed by atoms with van der Waals surface area (Å²) in [5, 5.41) is 9.37. The number of carbonyl (C=O) groups is 1. The van der Waals surface area contributed by atoms with Crippen molar-refractivity contribution in [3.63, 3.8) is 0 Å². The topological polar surface area (TPSA) is 49.8 Å². The molecule has 1 aliphatic rings. The van der Waals surface area contributed by atoms with Gasteiger partial charge in [0.1, 0.15) is 6.04 Å². The predicted octanol–water partition coefficient (Wildman–Crippen LogP) is 0.395. The fourth-order valence-corrected chi connectivity index (χ4v) is 1.63. The molecule has 4 heteroatoms. The molecule has 1 rings (SSSR count). The lowest BCUT2D eigenvalue weighted by Gasteiger charge is -2.39. The van der Waals surface area contributed by atoms with E-state index in [1.807, 2.05) is 6.92 Å². The predicted molar refractivity (Wildman–Crippen MR) is 52.9 cm³/mol. The van der Waals surface area contributed by atoms with Gasteiger partial charge in [-0.15, -0.1) is 0 Å². The lowest BCUT2D eigenvalue weighted by Crippen LogP contribution is -2.53. The molecule has 1 fully saturated rings. The molecule has 2 unspecified atom stereocenters. The molecule has 0 aromatic carbocycles. The van der Waals surface area contributed by atoms with Crippen LogP contribution in [0.15, 0.2) is 0 Å². The van der Waals surface area contributed by atoms with Gasteiger partial charge in [0, 0.05) is 13.1 Å². The maximum Gasteiger partial charge on any atom is 0.323 e. The summed E-state index contributed by atoms with van der Waals surface area (Å²) in [5.41, 5.74) is 0. The van der Waals surface area contributed by atoms with E-state index < -0.39 is 0 Å². The Bertz CT molecular complexity index is 196. The highest BCUT2D eigenvalue weighted by Crippen LogP contribution is 2.19. The molecule has 2 atom stereocenters. The van der Waals surface area contributed by atoms with E-state index in [4.69, 9.17) is 0 Å². The van der Waals surface area contributed by atoms with Gasteiger partial charge in [-0.1, -0.05) is 6.92 Å². The van der Waals surface area contributed by atoms with Crippen LogP contribution < -0.4 is 0 Å². The Kier molecular flexibility index (Phi) is 4.35. The van der Waals surface area contributed by atoms with Crippen molar-refractivity contribution >= 4 is 5.97 Å². The molecule has 1 heterocycles. The lowest BCUT2D eigenvalue weighted by molar-refractivity contribution is -0.152. The quantitative estimate of drug-likeness (QED) is 0.654. The summed E-state index contributed by atoms with van der Waals surface area (Å²) in [6.07, 6.45) is 2.16. The van der Waals surface area contributed by atoms with Crippen molar-refractivity contribution < 1.29 is 14.6 Å². The van der Waals surface area contributed by atoms with E-state index in [9.17, 15) is 9.90 Å². The number of nitrogens with zero attached hydrogens (tertiary/aromatic N) is 1. The van der Waals surface area contributed by atoms with Crippen molar-refractivity contribution in [3.8, 4) is 0 Å². The molecular formula is C10H19NO3. The SMILES string of the molecule is CCC(O)CCN1CCC1C(=O)OC. The maximum atomic E-state index is 11.2. The smallest absolute Gasteiger partial charge is 0.323 e. The maximum absolute atomic E-state index is 11.2. The molecule has 0 bridgehead atoms. The number of likely N-dealkylation sites (tertiary alicyclic amines) is 1. The molecule has 14 heavy (non-hydrogen) atoms. The highest BCUT2D eigenvalue weighted by Gasteiger charge is 2.34. The molecule has 1 aliphatic heterocycles. The average molecular weight is 201 g/mol. The zero-order valence-corrected chi connectivity index (χ0v) is 8.90. The summed E-state index contributed by atoms with van der Waals surface area (Å²) < 4.78 is 4.67. The van der Waals surface area contributed by atoms with Crippen molar-refractivity contribution in [2.45, 2.75) is 38.3 Å². The summed E-state index contributed by atoms with van der Waals surface area (Å²) >= 11 is 0. The molecule has 0 saturated carbocycles. The number of carbonyl (C=O) groups excluding carboxylic acids is 1. The van der Waals surface area contributed by atoms with Crippen LogP contribution in [0, 0.1) is 0 Å². The summed E-state index contributed by atoms with van der Waals surface area (Å²) in [5.74, 6) is -0.151. The second kappa shape index (κ2) is 5.32. The van der Waals surface area contributed by atoms with E-state index in [-0.39, 0.29) is 18.1 Å². The number of ether oxygens (including phenoxy) is 1. The first-order valence-electron chi connectivity index (χ1n) is 5.19. The summed E-state index contributed by atoms with van der Waals surface area (Å²) in [4.78, 5) is 13.3. The van der Waals surface area contributed by atoms with Gasteiger partial charge >= 0.3 is 5.97 Å². The van der Waals surface area contributed by atoms with Crippen LogP contribution in [0.3, 0.4) is 0 Å². The monoisotopic (exact) mass is 201 g/mol. The van der Waals surface area contributed by atoms with E-state index in [1.54, 1.807) is 0 Å². The number of aliphatic hydroxyl groups is 1. The van der Waals surface area contributed by atoms with Gasteiger partial charge in [0.25, 0.3) is 0 Å². The number of rotatable bonds is 5. The minimum absolute atomic E-state index is 0.0657. The van der Waals surface area contributed by atoms with Crippen LogP contribution in [0.1, 0.15) is 26.2 Å². The third-order valence-electron chi connectivity index (χ3n) is 2.82. The van der Waals surface area contributed by atoms with Crippen molar-refractivity contribution in [1.82, 2.24) is 4.90 Å². The summed E-state index contributed by atoms with van der Waals surface area (Å²) in [6.45, 7) is 3.68. The van der Waals surface area contributed by atoms with E-state index >= 15 is 0 Å². The van der Waals surface area contributed by atoms with Gasteiger partial charge in [-0.05, 0) is 19.3 Å². The van der Waals surface area contributed by atoms with Crippen LogP contribution in [0.25, 0.3) is 0 Å². The zero-order chi connectivity index (χ0) is 10.6. The van der Waals surface area contributed by atoms with Crippen molar-refractivity contribution in [1.29, 1.82) is 0 Å². The van der Waals surface area contributed by atoms with Crippen molar-refractivity contribution in [2.24, 2.45) is 0 Å². The van der Waals surface area contributed by atoms with Crippen LogP contribution in [0.5, 0.6) is 0 Å². The van der Waals surface area contributed by atoms with Gasteiger partial charge in [-0.3, -0.25) is 9.69 Å². The van der Waals surface area contributed by atoms with Gasteiger partial charge in [-0.2, -0.15) is 0 Å². The second-order valence-corrected chi connectivity index (χ2v) is 3.71. The lowest BCUT2D eigenvalue weighted by atomic mass is 10.0. The van der Waals surface area contributed by atoms with Gasteiger partial charge < -0.3 is 9.84 Å². The van der Waals surface area contributed by atoms with E-state index in [1.165, 1.54) is 7.11 Å².